The fraction of sp³-hybridized carbons (Fsp3) is 0.114. The van der Waals surface area contributed by atoms with E-state index in [1.54, 1.807) is 12.1 Å². The fourth-order valence-electron chi connectivity index (χ4n) is 7.89. The Morgan fingerprint density at radius 1 is 0.612 bits per heavy atom. The van der Waals surface area contributed by atoms with Crippen molar-refractivity contribution >= 4 is 5.57 Å². The van der Waals surface area contributed by atoms with Gasteiger partial charge in [-0.25, -0.2) is 15.0 Å². The summed E-state index contributed by atoms with van der Waals surface area (Å²) in [4.78, 5) is 15.0. The van der Waals surface area contributed by atoms with Crippen LogP contribution in [0.5, 0.6) is 0 Å². The summed E-state index contributed by atoms with van der Waals surface area (Å²) < 4.78 is 0. The first kappa shape index (κ1) is 28.8. The van der Waals surface area contributed by atoms with Gasteiger partial charge >= 0.3 is 0 Å². The lowest BCUT2D eigenvalue weighted by Gasteiger charge is -2.31. The van der Waals surface area contributed by atoms with Gasteiger partial charge in [0.1, 0.15) is 0 Å². The first-order valence-electron chi connectivity index (χ1n) is 16.5. The number of hydrogen-bond acceptors (Lipinski definition) is 5. The maximum atomic E-state index is 9.46. The molecule has 6 aromatic rings. The Morgan fingerprint density at radius 3 is 1.82 bits per heavy atom. The number of aromatic nitrogens is 3. The summed E-state index contributed by atoms with van der Waals surface area (Å²) in [5.41, 5.74) is 15.2. The molecule has 1 spiro atoms. The van der Waals surface area contributed by atoms with E-state index < -0.39 is 5.41 Å². The van der Waals surface area contributed by atoms with Gasteiger partial charge in [0.25, 0.3) is 0 Å². The highest BCUT2D eigenvalue weighted by atomic mass is 15.0. The van der Waals surface area contributed by atoms with Gasteiger partial charge < -0.3 is 0 Å². The molecule has 0 bridgehead atoms. The lowest BCUT2D eigenvalue weighted by Crippen LogP contribution is -2.26. The number of hydrogen-bond donors (Lipinski definition) is 0. The highest BCUT2D eigenvalue weighted by Gasteiger charge is 2.51. The third kappa shape index (κ3) is 4.26. The second-order valence-corrected chi connectivity index (χ2v) is 13.1. The third-order valence-electron chi connectivity index (χ3n) is 10.2. The van der Waals surface area contributed by atoms with Gasteiger partial charge in [-0.15, -0.1) is 0 Å². The van der Waals surface area contributed by atoms with Crippen LogP contribution in [-0.4, -0.2) is 15.0 Å². The summed E-state index contributed by atoms with van der Waals surface area (Å²) in [6.45, 7) is 4.34. The number of fused-ring (bicyclic) bond motifs is 10. The minimum absolute atomic E-state index is 0.165. The van der Waals surface area contributed by atoms with Crippen LogP contribution in [0.15, 0.2) is 121 Å². The average Bonchev–Trinajstić information content (AvgIpc) is 3.60. The molecule has 9 rings (SSSR count). The standard InChI is InChI=1S/C44H29N5/c1-26-7-18-34-35-19-8-27(2)22-39(35)44(38(34)21-26)37-6-4-3-5-33(37)36-20-17-32(23-40(36)44)43-48-41(30-13-9-28(24-45)10-14-30)47-42(49-43)31-15-11-29(25-46)12-16-31/h3-11,13-23,29H,12H2,1-2H3. The van der Waals surface area contributed by atoms with E-state index >= 15 is 0 Å². The van der Waals surface area contributed by atoms with Gasteiger partial charge in [0.05, 0.1) is 29.0 Å². The predicted octanol–water partition coefficient (Wildman–Crippen LogP) is 9.52. The van der Waals surface area contributed by atoms with E-state index in [0.717, 1.165) is 16.7 Å². The summed E-state index contributed by atoms with van der Waals surface area (Å²) in [5, 5.41) is 18.9. The number of nitrogens with zero attached hydrogens (tertiary/aromatic N) is 5. The number of nitriles is 2. The molecular weight excluding hydrogens is 599 g/mol. The molecule has 0 N–H and O–H groups in total. The van der Waals surface area contributed by atoms with E-state index in [1.165, 1.54) is 55.6 Å². The molecule has 0 aliphatic heterocycles. The molecule has 1 heterocycles. The van der Waals surface area contributed by atoms with Crippen molar-refractivity contribution in [3.63, 3.8) is 0 Å². The van der Waals surface area contributed by atoms with Crippen LogP contribution < -0.4 is 0 Å². The highest BCUT2D eigenvalue weighted by Crippen LogP contribution is 2.63. The van der Waals surface area contributed by atoms with Crippen LogP contribution in [0.1, 0.15) is 51.2 Å². The smallest absolute Gasteiger partial charge is 0.164 e. The van der Waals surface area contributed by atoms with Gasteiger partial charge in [0.2, 0.25) is 0 Å². The second-order valence-electron chi connectivity index (χ2n) is 13.1. The van der Waals surface area contributed by atoms with Crippen molar-refractivity contribution in [2.24, 2.45) is 5.92 Å². The summed E-state index contributed by atoms with van der Waals surface area (Å²) in [6.07, 6.45) is 6.48. The number of rotatable bonds is 3. The van der Waals surface area contributed by atoms with Gasteiger partial charge in [-0.2, -0.15) is 10.5 Å². The van der Waals surface area contributed by atoms with Crippen molar-refractivity contribution in [2.75, 3.05) is 0 Å². The van der Waals surface area contributed by atoms with E-state index in [-0.39, 0.29) is 5.92 Å². The monoisotopic (exact) mass is 627 g/mol. The Kier molecular flexibility index (Phi) is 6.34. The normalized spacial score (nSPS) is 15.8. The molecule has 49 heavy (non-hydrogen) atoms. The third-order valence-corrected chi connectivity index (χ3v) is 10.2. The van der Waals surface area contributed by atoms with Crippen molar-refractivity contribution in [1.29, 1.82) is 10.5 Å². The summed E-state index contributed by atoms with van der Waals surface area (Å²) in [6, 6.07) is 41.0. The molecule has 1 aromatic heterocycles. The van der Waals surface area contributed by atoms with E-state index in [0.29, 0.717) is 29.5 Å². The lowest BCUT2D eigenvalue weighted by atomic mass is 9.70. The molecule has 1 atom stereocenters. The van der Waals surface area contributed by atoms with Gasteiger partial charge in [-0.1, -0.05) is 102 Å². The van der Waals surface area contributed by atoms with Gasteiger partial charge in [-0.3, -0.25) is 0 Å². The maximum Gasteiger partial charge on any atom is 0.164 e. The van der Waals surface area contributed by atoms with Crippen molar-refractivity contribution in [2.45, 2.75) is 25.7 Å². The molecule has 5 aromatic carbocycles. The molecule has 230 valence electrons. The van der Waals surface area contributed by atoms with Gasteiger partial charge in [-0.05, 0) is 95.1 Å². The van der Waals surface area contributed by atoms with Crippen LogP contribution in [-0.2, 0) is 5.41 Å². The average molecular weight is 628 g/mol. The molecule has 3 aliphatic carbocycles. The zero-order valence-electron chi connectivity index (χ0n) is 27.1. The topological polar surface area (TPSA) is 86.2 Å². The Hall–Kier alpha value is -6.43. The molecule has 5 nitrogen and oxygen atoms in total. The minimum Gasteiger partial charge on any atom is -0.208 e. The van der Waals surface area contributed by atoms with Crippen molar-refractivity contribution in [1.82, 2.24) is 15.0 Å². The minimum atomic E-state index is -0.489. The van der Waals surface area contributed by atoms with E-state index in [4.69, 9.17) is 15.0 Å². The summed E-state index contributed by atoms with van der Waals surface area (Å²) in [7, 11) is 0. The van der Waals surface area contributed by atoms with Crippen LogP contribution in [0.4, 0.5) is 0 Å². The molecule has 3 aliphatic rings. The largest absolute Gasteiger partial charge is 0.208 e. The Morgan fingerprint density at radius 2 is 1.18 bits per heavy atom. The Bertz CT molecular complexity index is 2470. The first-order chi connectivity index (χ1) is 24.0. The van der Waals surface area contributed by atoms with E-state index in [2.05, 4.69) is 105 Å². The molecule has 1 unspecified atom stereocenters. The molecule has 0 amide bonds. The van der Waals surface area contributed by atoms with Crippen LogP contribution in [0.2, 0.25) is 0 Å². The molecule has 5 heteroatoms. The van der Waals surface area contributed by atoms with Crippen molar-refractivity contribution in [3.05, 3.63) is 166 Å². The van der Waals surface area contributed by atoms with Crippen LogP contribution in [0.3, 0.4) is 0 Å². The molecule has 0 saturated heterocycles. The van der Waals surface area contributed by atoms with Crippen LogP contribution in [0, 0.1) is 42.4 Å². The van der Waals surface area contributed by atoms with E-state index in [9.17, 15) is 10.5 Å². The van der Waals surface area contributed by atoms with Crippen LogP contribution >= 0.6 is 0 Å². The quantitative estimate of drug-likeness (QED) is 0.195. The molecular formula is C44H29N5. The summed E-state index contributed by atoms with van der Waals surface area (Å²) >= 11 is 0. The van der Waals surface area contributed by atoms with E-state index in [1.807, 2.05) is 30.4 Å². The van der Waals surface area contributed by atoms with Crippen LogP contribution in [0.25, 0.3) is 50.6 Å². The SMILES string of the molecule is Cc1ccc2c(c1)C1(c3ccccc3-c3ccc(-c4nc(C5=CCC(C#N)C=C5)nc(-c5ccc(C#N)cc5)n4)cc31)c1cc(C)ccc1-2. The fourth-order valence-corrected chi connectivity index (χ4v) is 7.89. The first-order valence-corrected chi connectivity index (χ1v) is 16.5. The van der Waals surface area contributed by atoms with Gasteiger partial charge in [0, 0.05) is 16.7 Å². The number of allylic oxidation sites excluding steroid dienone is 4. The molecule has 0 saturated carbocycles. The zero-order valence-corrected chi connectivity index (χ0v) is 27.1. The van der Waals surface area contributed by atoms with Crippen molar-refractivity contribution in [3.8, 4) is 57.2 Å². The number of aryl methyl sites for hydroxylation is 2. The molecule has 0 fully saturated rings. The summed E-state index contributed by atoms with van der Waals surface area (Å²) in [5.74, 6) is 1.49. The Balaban J connectivity index is 1.29. The predicted molar refractivity (Wildman–Crippen MR) is 192 cm³/mol. The number of benzene rings is 5. The molecule has 0 radical (unpaired) electrons. The lowest BCUT2D eigenvalue weighted by molar-refractivity contribution is 0.791. The van der Waals surface area contributed by atoms with Gasteiger partial charge in [0.15, 0.2) is 17.5 Å². The zero-order chi connectivity index (χ0) is 33.3. The maximum absolute atomic E-state index is 9.46. The highest BCUT2D eigenvalue weighted by molar-refractivity contribution is 5.96. The second kappa shape index (κ2) is 10.8. The Labute approximate surface area is 285 Å². The van der Waals surface area contributed by atoms with Crippen molar-refractivity contribution < 1.29 is 0 Å².